The van der Waals surface area contributed by atoms with E-state index in [0.717, 1.165) is 6.42 Å². The van der Waals surface area contributed by atoms with Gasteiger partial charge < -0.3 is 0 Å². The molecule has 0 saturated heterocycles. The third-order valence-electron chi connectivity index (χ3n) is 3.66. The van der Waals surface area contributed by atoms with E-state index in [2.05, 4.69) is 65.0 Å². The normalized spacial score (nSPS) is 14.3. The molecule has 0 amide bonds. The monoisotopic (exact) mass is 274 g/mol. The first-order valence-corrected chi connectivity index (χ1v) is 8.18. The molecule has 0 atom stereocenters. The van der Waals surface area contributed by atoms with Gasteiger partial charge in [0.15, 0.2) is 0 Å². The number of rotatable bonds is 10. The third-order valence-corrected chi connectivity index (χ3v) is 3.66. The van der Waals surface area contributed by atoms with Crippen LogP contribution < -0.4 is 0 Å². The first-order valence-electron chi connectivity index (χ1n) is 8.18. The first kappa shape index (κ1) is 19.0. The fourth-order valence-electron chi connectivity index (χ4n) is 2.04. The second-order valence-corrected chi connectivity index (χ2v) is 5.73. The van der Waals surface area contributed by atoms with Gasteiger partial charge in [0.05, 0.1) is 0 Å². The zero-order chi connectivity index (χ0) is 15.2. The van der Waals surface area contributed by atoms with Gasteiger partial charge in [-0.2, -0.15) is 0 Å². The van der Waals surface area contributed by atoms with E-state index >= 15 is 0 Å². The van der Waals surface area contributed by atoms with E-state index in [1.807, 2.05) is 0 Å². The maximum absolute atomic E-state index is 2.41. The van der Waals surface area contributed by atoms with Crippen molar-refractivity contribution in [3.63, 3.8) is 0 Å². The van der Waals surface area contributed by atoms with Crippen molar-refractivity contribution in [2.24, 2.45) is 0 Å². The molecule has 114 valence electrons. The topological polar surface area (TPSA) is 0 Å². The lowest BCUT2D eigenvalue weighted by molar-refractivity contribution is 0.900. The molecule has 0 aromatic carbocycles. The van der Waals surface area contributed by atoms with E-state index in [-0.39, 0.29) is 0 Å². The van der Waals surface area contributed by atoms with Crippen LogP contribution in [-0.4, -0.2) is 0 Å². The summed E-state index contributed by atoms with van der Waals surface area (Å²) in [6.07, 6.45) is 19.9. The Morgan fingerprint density at radius 3 is 1.70 bits per heavy atom. The smallest absolute Gasteiger partial charge is 0.0288 e. The van der Waals surface area contributed by atoms with Gasteiger partial charge in [-0.25, -0.2) is 0 Å². The molecule has 0 spiro atoms. The van der Waals surface area contributed by atoms with Crippen molar-refractivity contribution >= 4 is 0 Å². The average Bonchev–Trinajstić information content (AvgIpc) is 2.43. The van der Waals surface area contributed by atoms with Crippen molar-refractivity contribution in [2.75, 3.05) is 0 Å². The minimum atomic E-state index is 1.15. The Hall–Kier alpha value is -1.04. The summed E-state index contributed by atoms with van der Waals surface area (Å²) in [7, 11) is 0. The molecule has 20 heavy (non-hydrogen) atoms. The zero-order valence-corrected chi connectivity index (χ0v) is 14.3. The zero-order valence-electron chi connectivity index (χ0n) is 14.3. The van der Waals surface area contributed by atoms with Gasteiger partial charge in [0.2, 0.25) is 0 Å². The maximum Gasteiger partial charge on any atom is -0.0288 e. The molecule has 0 radical (unpaired) electrons. The van der Waals surface area contributed by atoms with Crippen LogP contribution in [0, 0.1) is 0 Å². The van der Waals surface area contributed by atoms with Crippen LogP contribution in [-0.2, 0) is 0 Å². The van der Waals surface area contributed by atoms with Crippen molar-refractivity contribution in [1.82, 2.24) is 0 Å². The van der Waals surface area contributed by atoms with Crippen LogP contribution in [0.5, 0.6) is 0 Å². The predicted octanol–water partition coefficient (Wildman–Crippen LogP) is 7.15. The fraction of sp³-hybridized carbons (Fsp3) is 0.600. The molecule has 0 aromatic heterocycles. The molecule has 0 aliphatic carbocycles. The van der Waals surface area contributed by atoms with E-state index in [1.54, 1.807) is 0 Å². The molecule has 0 aliphatic rings. The molecule has 0 aliphatic heterocycles. The van der Waals surface area contributed by atoms with Crippen LogP contribution in [0.1, 0.15) is 79.6 Å². The standard InChI is InChI=1S/C20H34/c1-6-8-9-10-13-19(4)16-12-17-20(5)15-11-14-18(3)7-2/h7-9,15-16H,6,10-14,17H2,1-5H3/b9-8?,18-7+,19-16+,20-15-. The lowest BCUT2D eigenvalue weighted by Gasteiger charge is -2.02. The number of hydrogen-bond donors (Lipinski definition) is 0. The second kappa shape index (κ2) is 13.0. The highest BCUT2D eigenvalue weighted by Crippen LogP contribution is 2.12. The van der Waals surface area contributed by atoms with Crippen LogP contribution in [0.15, 0.2) is 47.1 Å². The van der Waals surface area contributed by atoms with E-state index in [9.17, 15) is 0 Å². The van der Waals surface area contributed by atoms with E-state index < -0.39 is 0 Å². The Morgan fingerprint density at radius 1 is 0.700 bits per heavy atom. The van der Waals surface area contributed by atoms with Crippen molar-refractivity contribution in [3.8, 4) is 0 Å². The summed E-state index contributed by atoms with van der Waals surface area (Å²) < 4.78 is 0. The van der Waals surface area contributed by atoms with Crippen LogP contribution in [0.2, 0.25) is 0 Å². The molecular formula is C20H34. The Bertz CT molecular complexity index is 350. The van der Waals surface area contributed by atoms with Crippen molar-refractivity contribution in [1.29, 1.82) is 0 Å². The molecule has 0 N–H and O–H groups in total. The van der Waals surface area contributed by atoms with Gasteiger partial charge >= 0.3 is 0 Å². The SMILES string of the molecule is C/C=C(\C)CC/C=C(/C)CC/C=C(\C)CCC=CCC. The van der Waals surface area contributed by atoms with Gasteiger partial charge in [0, 0.05) is 0 Å². The Kier molecular flexibility index (Phi) is 12.3. The van der Waals surface area contributed by atoms with Crippen LogP contribution in [0.4, 0.5) is 0 Å². The summed E-state index contributed by atoms with van der Waals surface area (Å²) in [5.74, 6) is 0. The van der Waals surface area contributed by atoms with Gasteiger partial charge in [-0.15, -0.1) is 0 Å². The van der Waals surface area contributed by atoms with Crippen molar-refractivity contribution in [3.05, 3.63) is 47.1 Å². The number of allylic oxidation sites excluding steroid dienone is 8. The highest BCUT2D eigenvalue weighted by molar-refractivity contribution is 5.06. The van der Waals surface area contributed by atoms with Gasteiger partial charge in [0.25, 0.3) is 0 Å². The van der Waals surface area contributed by atoms with Gasteiger partial charge in [-0.1, -0.05) is 54.0 Å². The molecule has 0 heterocycles. The summed E-state index contributed by atoms with van der Waals surface area (Å²) in [5.41, 5.74) is 4.55. The maximum atomic E-state index is 2.41. The molecule has 0 unspecified atom stereocenters. The highest BCUT2D eigenvalue weighted by Gasteiger charge is 1.92. The average molecular weight is 274 g/mol. The summed E-state index contributed by atoms with van der Waals surface area (Å²) in [6, 6.07) is 0. The van der Waals surface area contributed by atoms with E-state index in [0.29, 0.717) is 0 Å². The molecule has 0 aromatic rings. The van der Waals surface area contributed by atoms with E-state index in [4.69, 9.17) is 0 Å². The molecular weight excluding hydrogens is 240 g/mol. The van der Waals surface area contributed by atoms with Gasteiger partial charge in [-0.3, -0.25) is 0 Å². The summed E-state index contributed by atoms with van der Waals surface area (Å²) in [5, 5.41) is 0. The Labute approximate surface area is 127 Å². The van der Waals surface area contributed by atoms with Crippen LogP contribution in [0.3, 0.4) is 0 Å². The summed E-state index contributed by atoms with van der Waals surface area (Å²) in [6.45, 7) is 11.0. The summed E-state index contributed by atoms with van der Waals surface area (Å²) >= 11 is 0. The van der Waals surface area contributed by atoms with Crippen molar-refractivity contribution < 1.29 is 0 Å². The van der Waals surface area contributed by atoms with Crippen LogP contribution >= 0.6 is 0 Å². The first-order chi connectivity index (χ1) is 9.60. The molecule has 0 bridgehead atoms. The quantitative estimate of drug-likeness (QED) is 0.371. The molecule has 0 rings (SSSR count). The van der Waals surface area contributed by atoms with Crippen LogP contribution in [0.25, 0.3) is 0 Å². The molecule has 0 heteroatoms. The minimum Gasteiger partial charge on any atom is -0.0888 e. The Balaban J connectivity index is 3.85. The van der Waals surface area contributed by atoms with Gasteiger partial charge in [-0.05, 0) is 72.6 Å². The number of hydrogen-bond acceptors (Lipinski definition) is 0. The summed E-state index contributed by atoms with van der Waals surface area (Å²) in [4.78, 5) is 0. The van der Waals surface area contributed by atoms with E-state index in [1.165, 1.54) is 55.2 Å². The van der Waals surface area contributed by atoms with Gasteiger partial charge in [0.1, 0.15) is 0 Å². The third kappa shape index (κ3) is 12.0. The highest BCUT2D eigenvalue weighted by atomic mass is 14.0. The largest absolute Gasteiger partial charge is 0.0888 e. The molecule has 0 nitrogen and oxygen atoms in total. The second-order valence-electron chi connectivity index (χ2n) is 5.73. The predicted molar refractivity (Wildman–Crippen MR) is 94.1 cm³/mol. The minimum absolute atomic E-state index is 1.15. The van der Waals surface area contributed by atoms with Crippen molar-refractivity contribution in [2.45, 2.75) is 79.6 Å². The molecule has 0 saturated carbocycles. The lowest BCUT2D eigenvalue weighted by atomic mass is 10.0. The lowest BCUT2D eigenvalue weighted by Crippen LogP contribution is -1.81. The molecule has 0 fully saturated rings. The Morgan fingerprint density at radius 2 is 1.20 bits per heavy atom. The fourth-order valence-corrected chi connectivity index (χ4v) is 2.04.